The molecule has 2 heterocycles. The van der Waals surface area contributed by atoms with E-state index in [0.29, 0.717) is 17.5 Å². The first-order chi connectivity index (χ1) is 15.2. The van der Waals surface area contributed by atoms with Crippen LogP contribution in [0, 0.1) is 6.92 Å². The predicted octanol–water partition coefficient (Wildman–Crippen LogP) is 4.09. The summed E-state index contributed by atoms with van der Waals surface area (Å²) in [6, 6.07) is 21.9. The zero-order chi connectivity index (χ0) is 21.5. The summed E-state index contributed by atoms with van der Waals surface area (Å²) in [4.78, 5) is 16.6. The fourth-order valence-electron chi connectivity index (χ4n) is 3.26. The van der Waals surface area contributed by atoms with Crippen LogP contribution in [0.5, 0.6) is 0 Å². The van der Waals surface area contributed by atoms with E-state index in [1.807, 2.05) is 59.2 Å². The molecule has 4 rings (SSSR count). The van der Waals surface area contributed by atoms with Crippen LogP contribution >= 0.6 is 11.8 Å². The molecule has 0 radical (unpaired) electrons. The van der Waals surface area contributed by atoms with Gasteiger partial charge >= 0.3 is 0 Å². The number of amides is 1. The highest BCUT2D eigenvalue weighted by Gasteiger charge is 2.17. The van der Waals surface area contributed by atoms with Gasteiger partial charge in [0, 0.05) is 30.2 Å². The van der Waals surface area contributed by atoms with E-state index in [1.54, 1.807) is 12.4 Å². The Labute approximate surface area is 185 Å². The third-order valence-electron chi connectivity index (χ3n) is 4.88. The molecule has 1 amide bonds. The first kappa shape index (κ1) is 20.8. The first-order valence-corrected chi connectivity index (χ1v) is 11.1. The highest BCUT2D eigenvalue weighted by Crippen LogP contribution is 2.27. The molecule has 0 atom stereocenters. The van der Waals surface area contributed by atoms with Crippen LogP contribution in [0.2, 0.25) is 0 Å². The van der Waals surface area contributed by atoms with Crippen molar-refractivity contribution in [3.05, 3.63) is 90.3 Å². The Morgan fingerprint density at radius 2 is 1.81 bits per heavy atom. The Bertz CT molecular complexity index is 1150. The van der Waals surface area contributed by atoms with Gasteiger partial charge in [-0.2, -0.15) is 0 Å². The number of carbonyl (C=O) groups is 1. The van der Waals surface area contributed by atoms with Crippen molar-refractivity contribution in [3.8, 4) is 17.1 Å². The molecule has 0 fully saturated rings. The summed E-state index contributed by atoms with van der Waals surface area (Å²) in [5.74, 6) is 0.942. The van der Waals surface area contributed by atoms with E-state index in [9.17, 15) is 4.79 Å². The van der Waals surface area contributed by atoms with Crippen LogP contribution in [0.1, 0.15) is 11.1 Å². The SMILES string of the molecule is Cc1ccccc1CCNC(=O)CSc1nnc(-c2cccnc2)n1-c1ccccc1. The topological polar surface area (TPSA) is 72.7 Å². The van der Waals surface area contributed by atoms with Crippen molar-refractivity contribution in [1.82, 2.24) is 25.1 Å². The van der Waals surface area contributed by atoms with Crippen molar-refractivity contribution in [2.75, 3.05) is 12.3 Å². The van der Waals surface area contributed by atoms with Crippen LogP contribution in [-0.2, 0) is 11.2 Å². The van der Waals surface area contributed by atoms with Gasteiger partial charge in [-0.05, 0) is 48.7 Å². The number of nitrogens with zero attached hydrogens (tertiary/aromatic N) is 4. The number of nitrogens with one attached hydrogen (secondary N) is 1. The molecule has 156 valence electrons. The van der Waals surface area contributed by atoms with Crippen LogP contribution in [0.4, 0.5) is 0 Å². The third-order valence-corrected chi connectivity index (χ3v) is 5.81. The van der Waals surface area contributed by atoms with Crippen molar-refractivity contribution in [2.24, 2.45) is 0 Å². The molecule has 0 aliphatic carbocycles. The van der Waals surface area contributed by atoms with Crippen LogP contribution in [-0.4, -0.2) is 38.0 Å². The second kappa shape index (κ2) is 10.0. The lowest BCUT2D eigenvalue weighted by molar-refractivity contribution is -0.118. The summed E-state index contributed by atoms with van der Waals surface area (Å²) in [6.45, 7) is 2.69. The molecule has 0 bridgehead atoms. The van der Waals surface area contributed by atoms with Crippen LogP contribution in [0.25, 0.3) is 17.1 Å². The Kier molecular flexibility index (Phi) is 6.74. The maximum Gasteiger partial charge on any atom is 0.230 e. The summed E-state index contributed by atoms with van der Waals surface area (Å²) in [7, 11) is 0. The average molecular weight is 430 g/mol. The van der Waals surface area contributed by atoms with E-state index in [-0.39, 0.29) is 11.7 Å². The number of benzene rings is 2. The lowest BCUT2D eigenvalue weighted by Gasteiger charge is -2.10. The first-order valence-electron chi connectivity index (χ1n) is 10.1. The van der Waals surface area contributed by atoms with Gasteiger partial charge in [0.05, 0.1) is 5.75 Å². The lowest BCUT2D eigenvalue weighted by Crippen LogP contribution is -2.27. The Balaban J connectivity index is 1.44. The van der Waals surface area contributed by atoms with E-state index in [4.69, 9.17) is 0 Å². The number of carbonyl (C=O) groups excluding carboxylic acids is 1. The van der Waals surface area contributed by atoms with Crippen molar-refractivity contribution in [1.29, 1.82) is 0 Å². The monoisotopic (exact) mass is 429 g/mol. The van der Waals surface area contributed by atoms with Crippen LogP contribution in [0.3, 0.4) is 0 Å². The third kappa shape index (κ3) is 5.19. The van der Waals surface area contributed by atoms with E-state index in [1.165, 1.54) is 22.9 Å². The maximum atomic E-state index is 12.4. The molecule has 4 aromatic rings. The van der Waals surface area contributed by atoms with Crippen molar-refractivity contribution < 1.29 is 4.79 Å². The highest BCUT2D eigenvalue weighted by atomic mass is 32.2. The summed E-state index contributed by atoms with van der Waals surface area (Å²) in [5.41, 5.74) is 4.30. The summed E-state index contributed by atoms with van der Waals surface area (Å²) in [5, 5.41) is 12.4. The minimum atomic E-state index is -0.0240. The molecule has 2 aromatic carbocycles. The van der Waals surface area contributed by atoms with Crippen molar-refractivity contribution >= 4 is 17.7 Å². The smallest absolute Gasteiger partial charge is 0.230 e. The number of para-hydroxylation sites is 1. The van der Waals surface area contributed by atoms with Gasteiger partial charge in [0.1, 0.15) is 0 Å². The van der Waals surface area contributed by atoms with Crippen LogP contribution in [0.15, 0.2) is 84.3 Å². The maximum absolute atomic E-state index is 12.4. The van der Waals surface area contributed by atoms with E-state index in [2.05, 4.69) is 39.6 Å². The molecule has 0 aliphatic rings. The summed E-state index contributed by atoms with van der Waals surface area (Å²) < 4.78 is 1.96. The van der Waals surface area contributed by atoms with E-state index >= 15 is 0 Å². The minimum Gasteiger partial charge on any atom is -0.355 e. The lowest BCUT2D eigenvalue weighted by atomic mass is 10.1. The second-order valence-corrected chi connectivity index (χ2v) is 7.98. The molecule has 0 unspecified atom stereocenters. The molecular formula is C24H23N5OS. The minimum absolute atomic E-state index is 0.0240. The van der Waals surface area contributed by atoms with Gasteiger partial charge in [-0.3, -0.25) is 14.3 Å². The molecule has 0 saturated heterocycles. The van der Waals surface area contributed by atoms with Crippen molar-refractivity contribution in [2.45, 2.75) is 18.5 Å². The quantitative estimate of drug-likeness (QED) is 0.427. The molecule has 31 heavy (non-hydrogen) atoms. The Morgan fingerprint density at radius 3 is 2.58 bits per heavy atom. The van der Waals surface area contributed by atoms with Crippen LogP contribution < -0.4 is 5.32 Å². The van der Waals surface area contributed by atoms with E-state index in [0.717, 1.165) is 17.7 Å². The largest absolute Gasteiger partial charge is 0.355 e. The standard InChI is InChI=1S/C24H23N5OS/c1-18-8-5-6-9-19(18)13-15-26-22(30)17-31-24-28-27-23(20-10-7-14-25-16-20)29(24)21-11-3-2-4-12-21/h2-12,14,16H,13,15,17H2,1H3,(H,26,30). The van der Waals surface area contributed by atoms with Gasteiger partial charge in [-0.1, -0.05) is 54.2 Å². The normalized spacial score (nSPS) is 10.7. The average Bonchev–Trinajstić information content (AvgIpc) is 3.24. The zero-order valence-corrected chi connectivity index (χ0v) is 18.0. The molecular weight excluding hydrogens is 406 g/mol. The molecule has 0 saturated carbocycles. The number of hydrogen-bond acceptors (Lipinski definition) is 5. The number of pyridine rings is 1. The number of aryl methyl sites for hydroxylation is 1. The van der Waals surface area contributed by atoms with Crippen molar-refractivity contribution in [3.63, 3.8) is 0 Å². The molecule has 1 N–H and O–H groups in total. The van der Waals surface area contributed by atoms with Gasteiger partial charge in [-0.25, -0.2) is 0 Å². The number of hydrogen-bond donors (Lipinski definition) is 1. The molecule has 0 aliphatic heterocycles. The molecule has 6 nitrogen and oxygen atoms in total. The highest BCUT2D eigenvalue weighted by molar-refractivity contribution is 7.99. The van der Waals surface area contributed by atoms with E-state index < -0.39 is 0 Å². The van der Waals surface area contributed by atoms with Gasteiger partial charge < -0.3 is 5.32 Å². The summed E-state index contributed by atoms with van der Waals surface area (Å²) in [6.07, 6.45) is 4.30. The van der Waals surface area contributed by atoms with Gasteiger partial charge in [0.2, 0.25) is 5.91 Å². The fraction of sp³-hybridized carbons (Fsp3) is 0.167. The van der Waals surface area contributed by atoms with Gasteiger partial charge in [-0.15, -0.1) is 10.2 Å². The molecule has 7 heteroatoms. The Morgan fingerprint density at radius 1 is 1.00 bits per heavy atom. The molecule has 2 aromatic heterocycles. The Hall–Kier alpha value is -3.45. The second-order valence-electron chi connectivity index (χ2n) is 7.03. The van der Waals surface area contributed by atoms with Gasteiger partial charge in [0.15, 0.2) is 11.0 Å². The summed E-state index contributed by atoms with van der Waals surface area (Å²) >= 11 is 1.37. The predicted molar refractivity (Wildman–Crippen MR) is 123 cm³/mol. The van der Waals surface area contributed by atoms with Gasteiger partial charge in [0.25, 0.3) is 0 Å². The number of thioether (sulfide) groups is 1. The zero-order valence-electron chi connectivity index (χ0n) is 17.2. The molecule has 0 spiro atoms. The number of aromatic nitrogens is 4. The fourth-order valence-corrected chi connectivity index (χ4v) is 4.05. The number of rotatable bonds is 8.